The third kappa shape index (κ3) is 11.2. The molecule has 4 aliphatic rings. The summed E-state index contributed by atoms with van der Waals surface area (Å²) in [6.07, 6.45) is 0. The number of ether oxygens (including phenoxy) is 1. The lowest BCUT2D eigenvalue weighted by Crippen LogP contribution is -2.64. The SMILES string of the molecule is CC(C)(C)c1ccc(-c2cccc(-c3ccc(C(C)(C)C)cc3)c2N2c3cc4c(cc3B3c5ccccc5N(c5ccccc5)c5cc(N(c6ccc(-c7ccccc7)cc6)c6cccc(-c7ccccc7)c6)cc2c53)B2c3ccccc3Oc3cc(N(c5ccccc5)c5ccccc5)cc(c32)S4)cc1. The van der Waals surface area contributed by atoms with E-state index in [4.69, 9.17) is 4.74 Å². The zero-order valence-electron chi connectivity index (χ0n) is 60.2. The van der Waals surface area contributed by atoms with Gasteiger partial charge in [0.05, 0.1) is 17.1 Å². The van der Waals surface area contributed by atoms with Crippen LogP contribution < -0.4 is 57.1 Å². The molecule has 0 spiro atoms. The summed E-state index contributed by atoms with van der Waals surface area (Å²) in [5, 5.41) is 0. The molecule has 8 heteroatoms. The van der Waals surface area contributed by atoms with E-state index in [1.54, 1.807) is 0 Å². The van der Waals surface area contributed by atoms with Crippen LogP contribution in [0.25, 0.3) is 44.5 Å². The van der Waals surface area contributed by atoms with Crippen molar-refractivity contribution in [2.45, 2.75) is 62.2 Å². The lowest BCUT2D eigenvalue weighted by Gasteiger charge is -2.46. The van der Waals surface area contributed by atoms with Gasteiger partial charge in [0, 0.05) is 78.2 Å². The third-order valence-corrected chi connectivity index (χ3v) is 23.0. The average molecular weight is 1380 g/mol. The van der Waals surface area contributed by atoms with Gasteiger partial charge >= 0.3 is 0 Å². The Morgan fingerprint density at radius 1 is 0.283 bits per heavy atom. The highest BCUT2D eigenvalue weighted by atomic mass is 32.2. The monoisotopic (exact) mass is 1380 g/mol. The van der Waals surface area contributed by atoms with E-state index in [1.807, 2.05) is 11.8 Å². The van der Waals surface area contributed by atoms with E-state index in [2.05, 4.69) is 413 Å². The molecule has 0 aromatic heterocycles. The predicted octanol–water partition coefficient (Wildman–Crippen LogP) is 23.1. The Kier molecular flexibility index (Phi) is 15.8. The number of hydrogen-bond donors (Lipinski definition) is 0. The molecular formula is C98H76B2N4OS. The fraction of sp³-hybridized carbons (Fsp3) is 0.0816. The zero-order valence-corrected chi connectivity index (χ0v) is 61.1. The molecule has 4 aliphatic heterocycles. The minimum Gasteiger partial charge on any atom is -0.458 e. The van der Waals surface area contributed by atoms with Gasteiger partial charge in [-0.25, -0.2) is 0 Å². The lowest BCUT2D eigenvalue weighted by molar-refractivity contribution is 0.486. The van der Waals surface area contributed by atoms with Crippen LogP contribution in [-0.4, -0.2) is 13.4 Å². The number of nitrogens with zero attached hydrogens (tertiary/aromatic N) is 4. The second-order valence-corrected chi connectivity index (χ2v) is 31.5. The van der Waals surface area contributed by atoms with Gasteiger partial charge in [-0.05, 0) is 180 Å². The number of para-hydroxylation sites is 6. The molecule has 0 bridgehead atoms. The van der Waals surface area contributed by atoms with Crippen LogP contribution in [0.1, 0.15) is 52.7 Å². The molecule has 106 heavy (non-hydrogen) atoms. The topological polar surface area (TPSA) is 22.2 Å². The Hall–Kier alpha value is -12.2. The van der Waals surface area contributed by atoms with Gasteiger partial charge in [-0.15, -0.1) is 0 Å². The zero-order chi connectivity index (χ0) is 71.4. The lowest BCUT2D eigenvalue weighted by atomic mass is 9.31. The Balaban J connectivity index is 0.934. The van der Waals surface area contributed by atoms with Crippen molar-refractivity contribution in [3.8, 4) is 56.0 Å². The van der Waals surface area contributed by atoms with E-state index in [9.17, 15) is 0 Å². The molecule has 0 unspecified atom stereocenters. The van der Waals surface area contributed by atoms with E-state index in [0.717, 1.165) is 129 Å². The molecule has 15 aromatic rings. The van der Waals surface area contributed by atoms with Crippen molar-refractivity contribution >= 4 is 126 Å². The van der Waals surface area contributed by atoms with E-state index < -0.39 is 0 Å². The first-order chi connectivity index (χ1) is 51.8. The van der Waals surface area contributed by atoms with E-state index in [-0.39, 0.29) is 24.3 Å². The highest BCUT2D eigenvalue weighted by Gasteiger charge is 2.48. The van der Waals surface area contributed by atoms with Gasteiger partial charge in [-0.2, -0.15) is 0 Å². The van der Waals surface area contributed by atoms with Gasteiger partial charge in [0.1, 0.15) is 11.5 Å². The number of anilines is 12. The largest absolute Gasteiger partial charge is 0.458 e. The van der Waals surface area contributed by atoms with Gasteiger partial charge < -0.3 is 24.3 Å². The first kappa shape index (κ1) is 64.6. The minimum atomic E-state index is -0.229. The molecule has 0 amide bonds. The van der Waals surface area contributed by atoms with Crippen molar-refractivity contribution in [3.63, 3.8) is 0 Å². The highest BCUT2D eigenvalue weighted by molar-refractivity contribution is 8.00. The van der Waals surface area contributed by atoms with Gasteiger partial charge in [-0.3, -0.25) is 0 Å². The summed E-state index contributed by atoms with van der Waals surface area (Å²) >= 11 is 1.87. The Bertz CT molecular complexity index is 5750. The molecule has 0 saturated heterocycles. The maximum atomic E-state index is 7.26. The molecule has 0 fully saturated rings. The van der Waals surface area contributed by atoms with Crippen LogP contribution in [0.15, 0.2) is 362 Å². The maximum Gasteiger partial charge on any atom is 0.253 e. The first-order valence-corrected chi connectivity index (χ1v) is 37.8. The predicted molar refractivity (Wildman–Crippen MR) is 451 cm³/mol. The Morgan fingerprint density at radius 3 is 1.36 bits per heavy atom. The van der Waals surface area contributed by atoms with Crippen molar-refractivity contribution in [1.82, 2.24) is 0 Å². The van der Waals surface area contributed by atoms with E-state index in [0.29, 0.717) is 0 Å². The summed E-state index contributed by atoms with van der Waals surface area (Å²) in [6, 6.07) is 131. The van der Waals surface area contributed by atoms with Crippen LogP contribution in [0.3, 0.4) is 0 Å². The highest BCUT2D eigenvalue weighted by Crippen LogP contribution is 2.54. The molecule has 506 valence electrons. The number of rotatable bonds is 12. The van der Waals surface area contributed by atoms with Crippen LogP contribution in [0, 0.1) is 0 Å². The van der Waals surface area contributed by atoms with E-state index in [1.165, 1.54) is 48.9 Å². The standard InChI is InChI=1S/C98H76B2N4OS/c1-97(2,3)71-52-46-68(47-53-71)80-40-27-41-81(69-48-54-72(55-49-69)98(4,5)6)96(80)104-87-64-92-85(100-83-43-23-25-45-90(83)105-91-61-79(62-93(106-92)95(91)100)101(73-33-16-9-17-34-73)74-35-18-10-19-36-74)63-84(87)99-82-42-22-24-44-86(82)103(75-37-20-11-21-38-75)88-59-78(60-89(104)94(88)99)102(76-56-50-67(51-57-76)65-28-12-7-13-29-65)77-39-26-32-70(58-77)66-30-14-8-15-31-66/h7-64H,1-6H3. The third-order valence-electron chi connectivity index (χ3n) is 21.8. The van der Waals surface area contributed by atoms with Crippen LogP contribution >= 0.6 is 11.8 Å². The smallest absolute Gasteiger partial charge is 0.253 e. The molecule has 0 atom stereocenters. The van der Waals surface area contributed by atoms with Gasteiger partial charge in [0.15, 0.2) is 0 Å². The first-order valence-electron chi connectivity index (χ1n) is 36.9. The average Bonchev–Trinajstić information content (AvgIpc) is 0.683. The van der Waals surface area contributed by atoms with E-state index >= 15 is 0 Å². The fourth-order valence-corrected chi connectivity index (χ4v) is 17.9. The van der Waals surface area contributed by atoms with Gasteiger partial charge in [0.2, 0.25) is 0 Å². The molecule has 0 aliphatic carbocycles. The van der Waals surface area contributed by atoms with Crippen molar-refractivity contribution in [2.75, 3.05) is 19.6 Å². The summed E-state index contributed by atoms with van der Waals surface area (Å²) < 4.78 is 7.26. The van der Waals surface area contributed by atoms with Crippen LogP contribution in [0.4, 0.5) is 68.2 Å². The molecule has 15 aromatic carbocycles. The summed E-state index contributed by atoms with van der Waals surface area (Å²) in [6.45, 7) is 13.5. The number of benzene rings is 15. The molecule has 0 radical (unpaired) electrons. The molecule has 5 nitrogen and oxygen atoms in total. The van der Waals surface area contributed by atoms with Crippen molar-refractivity contribution in [3.05, 3.63) is 363 Å². The normalized spacial score (nSPS) is 13.0. The summed E-state index contributed by atoms with van der Waals surface area (Å²) in [5.74, 6) is 1.74. The summed E-state index contributed by atoms with van der Waals surface area (Å²) in [5.41, 5.74) is 31.8. The number of fused-ring (bicyclic) bond motifs is 8. The minimum absolute atomic E-state index is 0.0587. The maximum absolute atomic E-state index is 7.26. The number of hydrogen-bond acceptors (Lipinski definition) is 6. The molecule has 0 saturated carbocycles. The Morgan fingerprint density at radius 2 is 0.745 bits per heavy atom. The molecule has 19 rings (SSSR count). The van der Waals surface area contributed by atoms with Crippen LogP contribution in [0.2, 0.25) is 0 Å². The van der Waals surface area contributed by atoms with Gasteiger partial charge in [0.25, 0.3) is 13.4 Å². The van der Waals surface area contributed by atoms with Crippen LogP contribution in [-0.2, 0) is 10.8 Å². The van der Waals surface area contributed by atoms with Crippen molar-refractivity contribution < 1.29 is 4.74 Å². The quantitative estimate of drug-likeness (QED) is 0.113. The van der Waals surface area contributed by atoms with Crippen molar-refractivity contribution in [1.29, 1.82) is 0 Å². The summed E-state index contributed by atoms with van der Waals surface area (Å²) in [4.78, 5) is 12.5. The molecule has 0 N–H and O–H groups in total. The summed E-state index contributed by atoms with van der Waals surface area (Å²) in [7, 11) is 0. The fourth-order valence-electron chi connectivity index (χ4n) is 16.7. The molecular weight excluding hydrogens is 1300 g/mol. The van der Waals surface area contributed by atoms with Gasteiger partial charge in [-0.1, -0.05) is 307 Å². The van der Waals surface area contributed by atoms with Crippen molar-refractivity contribution in [2.24, 2.45) is 0 Å². The molecule has 4 heterocycles. The van der Waals surface area contributed by atoms with Crippen LogP contribution in [0.5, 0.6) is 11.5 Å². The second kappa shape index (κ2) is 25.9. The second-order valence-electron chi connectivity index (χ2n) is 30.4. The Labute approximate surface area is 627 Å².